The largest absolute Gasteiger partial charge is 0.384 e. The third kappa shape index (κ3) is 3.08. The number of nitrogens with zero attached hydrogens (tertiary/aromatic N) is 2. The van der Waals surface area contributed by atoms with Crippen LogP contribution >= 0.6 is 27.5 Å². The van der Waals surface area contributed by atoms with Crippen LogP contribution in [0.5, 0.6) is 0 Å². The van der Waals surface area contributed by atoms with Crippen molar-refractivity contribution in [1.82, 2.24) is 9.97 Å². The lowest BCUT2D eigenvalue weighted by atomic mass is 10.3. The van der Waals surface area contributed by atoms with E-state index in [1.807, 2.05) is 6.07 Å². The van der Waals surface area contributed by atoms with Crippen molar-refractivity contribution in [3.05, 3.63) is 39.6 Å². The number of benzene rings is 1. The summed E-state index contributed by atoms with van der Waals surface area (Å²) >= 11 is 9.36. The fourth-order valence-corrected chi connectivity index (χ4v) is 1.90. The Balaban J connectivity index is 2.34. The summed E-state index contributed by atoms with van der Waals surface area (Å²) in [6.07, 6.45) is 0. The summed E-state index contributed by atoms with van der Waals surface area (Å²) in [6, 6.07) is 7.14. The van der Waals surface area contributed by atoms with E-state index < -0.39 is 0 Å². The van der Waals surface area contributed by atoms with Gasteiger partial charge in [-0.05, 0) is 41.1 Å². The lowest BCUT2D eigenvalue weighted by molar-refractivity contribution is 1.06. The van der Waals surface area contributed by atoms with Gasteiger partial charge in [0.1, 0.15) is 17.5 Å². The lowest BCUT2D eigenvalue weighted by Crippen LogP contribution is -2.01. The van der Waals surface area contributed by atoms with Gasteiger partial charge in [0.2, 0.25) is 0 Å². The molecule has 0 fully saturated rings. The van der Waals surface area contributed by atoms with E-state index in [-0.39, 0.29) is 0 Å². The molecule has 0 saturated heterocycles. The quantitative estimate of drug-likeness (QED) is 0.890. The van der Waals surface area contributed by atoms with Crippen LogP contribution in [0.4, 0.5) is 17.3 Å². The molecule has 0 amide bonds. The molecule has 1 aromatic heterocycles. The molecule has 1 aromatic carbocycles. The van der Waals surface area contributed by atoms with E-state index in [1.54, 1.807) is 25.1 Å². The van der Waals surface area contributed by atoms with Crippen molar-refractivity contribution < 1.29 is 0 Å². The van der Waals surface area contributed by atoms with Crippen LogP contribution in [0.2, 0.25) is 5.02 Å². The number of anilines is 3. The van der Waals surface area contributed by atoms with Gasteiger partial charge >= 0.3 is 0 Å². The summed E-state index contributed by atoms with van der Waals surface area (Å²) in [4.78, 5) is 8.24. The van der Waals surface area contributed by atoms with E-state index in [0.29, 0.717) is 22.5 Å². The molecule has 6 heteroatoms. The van der Waals surface area contributed by atoms with Gasteiger partial charge in [-0.15, -0.1) is 0 Å². The van der Waals surface area contributed by atoms with Crippen LogP contribution in [0.1, 0.15) is 5.82 Å². The zero-order valence-electron chi connectivity index (χ0n) is 9.04. The summed E-state index contributed by atoms with van der Waals surface area (Å²) in [7, 11) is 0. The van der Waals surface area contributed by atoms with Crippen molar-refractivity contribution in [1.29, 1.82) is 0 Å². The molecule has 2 rings (SSSR count). The molecule has 0 saturated carbocycles. The zero-order valence-corrected chi connectivity index (χ0v) is 11.4. The Hall–Kier alpha value is -1.33. The Morgan fingerprint density at radius 3 is 2.76 bits per heavy atom. The van der Waals surface area contributed by atoms with Crippen molar-refractivity contribution in [2.24, 2.45) is 0 Å². The summed E-state index contributed by atoms with van der Waals surface area (Å²) in [5, 5.41) is 3.78. The molecule has 0 spiro atoms. The molecule has 3 N–H and O–H groups in total. The fraction of sp³-hybridized carbons (Fsp3) is 0.0909. The number of aromatic nitrogens is 2. The number of rotatable bonds is 2. The smallest absolute Gasteiger partial charge is 0.136 e. The van der Waals surface area contributed by atoms with Crippen LogP contribution in [0.3, 0.4) is 0 Å². The fourth-order valence-electron chi connectivity index (χ4n) is 1.39. The van der Waals surface area contributed by atoms with Gasteiger partial charge in [0.25, 0.3) is 0 Å². The van der Waals surface area contributed by atoms with Gasteiger partial charge in [-0.3, -0.25) is 0 Å². The Bertz CT molecular complexity index is 539. The average molecular weight is 314 g/mol. The Kier molecular flexibility index (Phi) is 3.49. The molecule has 0 aliphatic rings. The minimum absolute atomic E-state index is 0.429. The molecular weight excluding hydrogens is 304 g/mol. The summed E-state index contributed by atoms with van der Waals surface area (Å²) in [6.45, 7) is 1.79. The highest BCUT2D eigenvalue weighted by molar-refractivity contribution is 9.10. The Labute approximate surface area is 112 Å². The number of halogens is 2. The zero-order chi connectivity index (χ0) is 12.4. The third-order valence-corrected chi connectivity index (χ3v) is 2.98. The van der Waals surface area contributed by atoms with Gasteiger partial charge in [-0.1, -0.05) is 11.6 Å². The van der Waals surface area contributed by atoms with Crippen molar-refractivity contribution in [3.63, 3.8) is 0 Å². The summed E-state index contributed by atoms with van der Waals surface area (Å²) in [5.74, 6) is 1.68. The molecule has 0 atom stereocenters. The van der Waals surface area contributed by atoms with Crippen LogP contribution in [-0.2, 0) is 0 Å². The number of hydrogen-bond acceptors (Lipinski definition) is 4. The predicted octanol–water partition coefficient (Wildman–Crippen LogP) is 3.53. The van der Waals surface area contributed by atoms with E-state index >= 15 is 0 Å². The van der Waals surface area contributed by atoms with E-state index in [2.05, 4.69) is 31.2 Å². The van der Waals surface area contributed by atoms with Crippen molar-refractivity contribution >= 4 is 44.9 Å². The highest BCUT2D eigenvalue weighted by Gasteiger charge is 2.04. The third-order valence-electron chi connectivity index (χ3n) is 2.05. The predicted molar refractivity (Wildman–Crippen MR) is 73.6 cm³/mol. The normalized spacial score (nSPS) is 10.3. The number of nitrogen functional groups attached to an aromatic ring is 1. The number of nitrogens with two attached hydrogens (primary N) is 1. The molecule has 2 aromatic rings. The standard InChI is InChI=1S/C11H10BrClN4/c1-6-15-10(14)5-11(16-6)17-9-4-7(13)2-3-8(9)12/h2-5H,1H3,(H3,14,15,16,17). The highest BCUT2D eigenvalue weighted by Crippen LogP contribution is 2.28. The van der Waals surface area contributed by atoms with Gasteiger partial charge in [0.15, 0.2) is 0 Å². The van der Waals surface area contributed by atoms with E-state index in [0.717, 1.165) is 10.2 Å². The maximum Gasteiger partial charge on any atom is 0.136 e. The van der Waals surface area contributed by atoms with Crippen LogP contribution in [0, 0.1) is 6.92 Å². The molecular formula is C11H10BrClN4. The van der Waals surface area contributed by atoms with Gasteiger partial charge in [-0.2, -0.15) is 0 Å². The van der Waals surface area contributed by atoms with Crippen LogP contribution in [0.25, 0.3) is 0 Å². The van der Waals surface area contributed by atoms with E-state index in [4.69, 9.17) is 17.3 Å². The van der Waals surface area contributed by atoms with Gasteiger partial charge < -0.3 is 11.1 Å². The molecule has 4 nitrogen and oxygen atoms in total. The van der Waals surface area contributed by atoms with Crippen molar-refractivity contribution in [2.75, 3.05) is 11.1 Å². The molecule has 0 aliphatic carbocycles. The Morgan fingerprint density at radius 2 is 2.06 bits per heavy atom. The summed E-state index contributed by atoms with van der Waals surface area (Å²) in [5.41, 5.74) is 6.48. The van der Waals surface area contributed by atoms with Gasteiger partial charge in [-0.25, -0.2) is 9.97 Å². The second kappa shape index (κ2) is 4.89. The monoisotopic (exact) mass is 312 g/mol. The number of aryl methyl sites for hydroxylation is 1. The van der Waals surface area contributed by atoms with Crippen molar-refractivity contribution in [2.45, 2.75) is 6.92 Å². The van der Waals surface area contributed by atoms with E-state index in [1.165, 1.54) is 0 Å². The highest BCUT2D eigenvalue weighted by atomic mass is 79.9. The van der Waals surface area contributed by atoms with Gasteiger partial charge in [0.05, 0.1) is 5.69 Å². The first kappa shape index (κ1) is 12.1. The summed E-state index contributed by atoms with van der Waals surface area (Å²) < 4.78 is 0.900. The topological polar surface area (TPSA) is 63.8 Å². The molecule has 88 valence electrons. The van der Waals surface area contributed by atoms with Gasteiger partial charge in [0, 0.05) is 15.6 Å². The first-order valence-corrected chi connectivity index (χ1v) is 6.05. The van der Waals surface area contributed by atoms with Crippen LogP contribution in [-0.4, -0.2) is 9.97 Å². The average Bonchev–Trinajstić information content (AvgIpc) is 2.22. The minimum Gasteiger partial charge on any atom is -0.384 e. The van der Waals surface area contributed by atoms with Crippen LogP contribution < -0.4 is 11.1 Å². The lowest BCUT2D eigenvalue weighted by Gasteiger charge is -2.09. The van der Waals surface area contributed by atoms with Crippen LogP contribution in [0.15, 0.2) is 28.7 Å². The second-order valence-electron chi connectivity index (χ2n) is 3.47. The molecule has 1 heterocycles. The molecule has 0 aliphatic heterocycles. The van der Waals surface area contributed by atoms with Crippen molar-refractivity contribution in [3.8, 4) is 0 Å². The first-order chi connectivity index (χ1) is 8.04. The maximum atomic E-state index is 5.93. The SMILES string of the molecule is Cc1nc(N)cc(Nc2cc(Cl)ccc2Br)n1. The van der Waals surface area contributed by atoms with E-state index in [9.17, 15) is 0 Å². The molecule has 0 bridgehead atoms. The molecule has 0 radical (unpaired) electrons. The number of nitrogens with one attached hydrogen (secondary N) is 1. The molecule has 17 heavy (non-hydrogen) atoms. The second-order valence-corrected chi connectivity index (χ2v) is 4.77. The minimum atomic E-state index is 0.429. The maximum absolute atomic E-state index is 5.93. The molecule has 0 unspecified atom stereocenters. The number of hydrogen-bond donors (Lipinski definition) is 2. The Morgan fingerprint density at radius 1 is 1.29 bits per heavy atom. The first-order valence-electron chi connectivity index (χ1n) is 4.88.